The molecule has 2 nitrogen and oxygen atoms in total. The average Bonchev–Trinajstić information content (AvgIpc) is 2.66. The van der Waals surface area contributed by atoms with E-state index in [9.17, 15) is 0 Å². The van der Waals surface area contributed by atoms with Gasteiger partial charge in [-0.05, 0) is 49.4 Å². The number of methoxy groups -OCH3 is 1. The van der Waals surface area contributed by atoms with Crippen LogP contribution in [0.25, 0.3) is 10.9 Å². The van der Waals surface area contributed by atoms with Gasteiger partial charge in [0.1, 0.15) is 5.75 Å². The first-order valence-electron chi connectivity index (χ1n) is 5.56. The number of ether oxygens (including phenoxy) is 1. The number of hydrogen-bond donors (Lipinski definition) is 1. The Balaban J connectivity index is 2.24. The van der Waals surface area contributed by atoms with Crippen molar-refractivity contribution in [1.29, 1.82) is 0 Å². The number of aryl methyl sites for hydroxylation is 2. The quantitative estimate of drug-likeness (QED) is 0.753. The second-order valence-electron chi connectivity index (χ2n) is 4.20. The lowest BCUT2D eigenvalue weighted by Gasteiger charge is -2.10. The van der Waals surface area contributed by atoms with Crippen molar-refractivity contribution in [3.05, 3.63) is 29.5 Å². The zero-order chi connectivity index (χ0) is 10.3. The van der Waals surface area contributed by atoms with Crippen molar-refractivity contribution >= 4 is 10.9 Å². The number of aromatic amines is 1. The fourth-order valence-corrected chi connectivity index (χ4v) is 2.51. The van der Waals surface area contributed by atoms with Gasteiger partial charge in [0.25, 0.3) is 0 Å². The van der Waals surface area contributed by atoms with Crippen molar-refractivity contribution in [2.24, 2.45) is 0 Å². The van der Waals surface area contributed by atoms with Crippen molar-refractivity contribution in [2.45, 2.75) is 25.7 Å². The fraction of sp³-hybridized carbons (Fsp3) is 0.385. The molecule has 2 heteroatoms. The van der Waals surface area contributed by atoms with Gasteiger partial charge in [-0.2, -0.15) is 0 Å². The van der Waals surface area contributed by atoms with Crippen LogP contribution in [0.3, 0.4) is 0 Å². The fourth-order valence-electron chi connectivity index (χ4n) is 2.51. The molecule has 3 rings (SSSR count). The lowest BCUT2D eigenvalue weighted by molar-refractivity contribution is 0.415. The maximum Gasteiger partial charge on any atom is 0.119 e. The van der Waals surface area contributed by atoms with Crippen molar-refractivity contribution in [3.8, 4) is 5.75 Å². The summed E-state index contributed by atoms with van der Waals surface area (Å²) in [6.45, 7) is 0. The Kier molecular flexibility index (Phi) is 1.94. The monoisotopic (exact) mass is 201 g/mol. The molecule has 0 atom stereocenters. The molecule has 1 aliphatic rings. The molecule has 15 heavy (non-hydrogen) atoms. The number of benzene rings is 1. The van der Waals surface area contributed by atoms with E-state index in [0.29, 0.717) is 0 Å². The highest BCUT2D eigenvalue weighted by Crippen LogP contribution is 2.31. The third-order valence-electron chi connectivity index (χ3n) is 3.31. The van der Waals surface area contributed by atoms with Gasteiger partial charge in [-0.15, -0.1) is 0 Å². The van der Waals surface area contributed by atoms with Crippen LogP contribution in [0.5, 0.6) is 5.75 Å². The Morgan fingerprint density at radius 1 is 1.20 bits per heavy atom. The minimum atomic E-state index is 0.954. The van der Waals surface area contributed by atoms with Crippen LogP contribution in [-0.2, 0) is 12.8 Å². The van der Waals surface area contributed by atoms with Crippen molar-refractivity contribution in [2.75, 3.05) is 7.11 Å². The third-order valence-corrected chi connectivity index (χ3v) is 3.31. The molecule has 1 aromatic carbocycles. The summed E-state index contributed by atoms with van der Waals surface area (Å²) in [6, 6.07) is 6.28. The first-order valence-corrected chi connectivity index (χ1v) is 5.56. The van der Waals surface area contributed by atoms with Gasteiger partial charge in [0, 0.05) is 16.6 Å². The molecule has 0 amide bonds. The van der Waals surface area contributed by atoms with Crippen LogP contribution < -0.4 is 4.74 Å². The number of nitrogens with one attached hydrogen (secondary N) is 1. The number of rotatable bonds is 1. The van der Waals surface area contributed by atoms with Crippen molar-refractivity contribution in [1.82, 2.24) is 4.98 Å². The summed E-state index contributed by atoms with van der Waals surface area (Å²) < 4.78 is 5.27. The Hall–Kier alpha value is -1.44. The van der Waals surface area contributed by atoms with E-state index >= 15 is 0 Å². The molecular weight excluding hydrogens is 186 g/mol. The smallest absolute Gasteiger partial charge is 0.119 e. The summed E-state index contributed by atoms with van der Waals surface area (Å²) in [5, 5.41) is 1.35. The number of fused-ring (bicyclic) bond motifs is 3. The van der Waals surface area contributed by atoms with Gasteiger partial charge < -0.3 is 9.72 Å². The summed E-state index contributed by atoms with van der Waals surface area (Å²) >= 11 is 0. The Morgan fingerprint density at radius 3 is 2.93 bits per heavy atom. The SMILES string of the molecule is COc1ccc2[nH]c3c(c2c1)CCCC3. The maximum atomic E-state index is 5.27. The van der Waals surface area contributed by atoms with E-state index in [1.165, 1.54) is 47.8 Å². The highest BCUT2D eigenvalue weighted by Gasteiger charge is 2.15. The molecule has 1 N–H and O–H groups in total. The van der Waals surface area contributed by atoms with Crippen LogP contribution in [0.4, 0.5) is 0 Å². The maximum absolute atomic E-state index is 5.27. The molecule has 0 spiro atoms. The highest BCUT2D eigenvalue weighted by molar-refractivity contribution is 5.86. The predicted octanol–water partition coefficient (Wildman–Crippen LogP) is 3.06. The van der Waals surface area contributed by atoms with E-state index in [2.05, 4.69) is 17.1 Å². The highest BCUT2D eigenvalue weighted by atomic mass is 16.5. The average molecular weight is 201 g/mol. The molecule has 2 aromatic rings. The summed E-state index contributed by atoms with van der Waals surface area (Å²) in [6.07, 6.45) is 5.04. The van der Waals surface area contributed by atoms with Gasteiger partial charge in [-0.3, -0.25) is 0 Å². The normalized spacial score (nSPS) is 15.3. The van der Waals surface area contributed by atoms with Gasteiger partial charge in [-0.25, -0.2) is 0 Å². The zero-order valence-electron chi connectivity index (χ0n) is 8.97. The summed E-state index contributed by atoms with van der Waals surface area (Å²) in [5.74, 6) is 0.954. The standard InChI is InChI=1S/C13H15NO/c1-15-9-6-7-13-11(8-9)10-4-2-3-5-12(10)14-13/h6-8,14H,2-5H2,1H3. The molecule has 0 unspecified atom stereocenters. The minimum Gasteiger partial charge on any atom is -0.497 e. The van der Waals surface area contributed by atoms with Crippen molar-refractivity contribution < 1.29 is 4.74 Å². The second kappa shape index (κ2) is 3.30. The molecule has 0 fully saturated rings. The van der Waals surface area contributed by atoms with Gasteiger partial charge >= 0.3 is 0 Å². The Bertz CT molecular complexity index is 498. The summed E-state index contributed by atoms with van der Waals surface area (Å²) in [4.78, 5) is 3.51. The first kappa shape index (κ1) is 8.84. The topological polar surface area (TPSA) is 25.0 Å². The lowest BCUT2D eigenvalue weighted by atomic mass is 9.96. The first-order chi connectivity index (χ1) is 7.38. The van der Waals surface area contributed by atoms with Crippen LogP contribution in [0.1, 0.15) is 24.1 Å². The zero-order valence-corrected chi connectivity index (χ0v) is 8.97. The number of hydrogen-bond acceptors (Lipinski definition) is 1. The molecule has 0 bridgehead atoms. The van der Waals surface area contributed by atoms with E-state index in [-0.39, 0.29) is 0 Å². The van der Waals surface area contributed by atoms with E-state index in [4.69, 9.17) is 4.74 Å². The summed E-state index contributed by atoms with van der Waals surface area (Å²) in [5.41, 5.74) is 4.20. The second-order valence-corrected chi connectivity index (χ2v) is 4.20. The van der Waals surface area contributed by atoms with Crippen LogP contribution >= 0.6 is 0 Å². The van der Waals surface area contributed by atoms with E-state index < -0.39 is 0 Å². The van der Waals surface area contributed by atoms with Crippen LogP contribution in [0.2, 0.25) is 0 Å². The Labute approximate surface area is 89.3 Å². The van der Waals surface area contributed by atoms with E-state index in [1.807, 2.05) is 6.07 Å². The molecule has 0 radical (unpaired) electrons. The van der Waals surface area contributed by atoms with Crippen LogP contribution in [-0.4, -0.2) is 12.1 Å². The van der Waals surface area contributed by atoms with Gasteiger partial charge in [-0.1, -0.05) is 0 Å². The summed E-state index contributed by atoms with van der Waals surface area (Å²) in [7, 11) is 1.72. The molecule has 0 aliphatic heterocycles. The Morgan fingerprint density at radius 2 is 2.07 bits per heavy atom. The largest absolute Gasteiger partial charge is 0.497 e. The molecule has 1 aromatic heterocycles. The molecule has 0 saturated carbocycles. The van der Waals surface area contributed by atoms with Crippen molar-refractivity contribution in [3.63, 3.8) is 0 Å². The van der Waals surface area contributed by atoms with Gasteiger partial charge in [0.2, 0.25) is 0 Å². The van der Waals surface area contributed by atoms with E-state index in [1.54, 1.807) is 7.11 Å². The number of H-pyrrole nitrogens is 1. The molecule has 1 heterocycles. The predicted molar refractivity (Wildman–Crippen MR) is 61.5 cm³/mol. The van der Waals surface area contributed by atoms with E-state index in [0.717, 1.165) is 5.75 Å². The molecule has 78 valence electrons. The van der Waals surface area contributed by atoms with Gasteiger partial charge in [0.15, 0.2) is 0 Å². The van der Waals surface area contributed by atoms with Crippen LogP contribution in [0, 0.1) is 0 Å². The lowest BCUT2D eigenvalue weighted by Crippen LogP contribution is -1.99. The van der Waals surface area contributed by atoms with Crippen LogP contribution in [0.15, 0.2) is 18.2 Å². The molecular formula is C13H15NO. The molecule has 1 aliphatic carbocycles. The molecule has 0 saturated heterocycles. The minimum absolute atomic E-state index is 0.954. The third kappa shape index (κ3) is 1.32. The number of aromatic nitrogens is 1. The van der Waals surface area contributed by atoms with Gasteiger partial charge in [0.05, 0.1) is 7.11 Å².